The van der Waals surface area contributed by atoms with Crippen LogP contribution in [0.3, 0.4) is 0 Å². The largest absolute Gasteiger partial charge is 0.480 e. The quantitative estimate of drug-likeness (QED) is 0.121. The van der Waals surface area contributed by atoms with E-state index in [9.17, 15) is 24.0 Å². The minimum absolute atomic E-state index is 0.297. The number of aliphatic carboxylic acids is 1. The summed E-state index contributed by atoms with van der Waals surface area (Å²) < 4.78 is 0. The molecule has 0 saturated carbocycles. The number of nitrogens with two attached hydrogens (primary N) is 3. The van der Waals surface area contributed by atoms with E-state index >= 15 is 0 Å². The second kappa shape index (κ2) is 15.5. The van der Waals surface area contributed by atoms with E-state index in [1.165, 1.54) is 0 Å². The van der Waals surface area contributed by atoms with Crippen LogP contribution >= 0.6 is 11.8 Å². The number of thioether (sulfide) groups is 1. The molecule has 12 nitrogen and oxygen atoms in total. The van der Waals surface area contributed by atoms with E-state index in [4.69, 9.17) is 22.3 Å². The first-order valence-electron chi connectivity index (χ1n) is 9.45. The number of carbonyl (C=O) groups excluding carboxylic acids is 4. The minimum Gasteiger partial charge on any atom is -0.480 e. The predicted molar refractivity (Wildman–Crippen MR) is 112 cm³/mol. The van der Waals surface area contributed by atoms with Gasteiger partial charge in [0.25, 0.3) is 0 Å². The summed E-state index contributed by atoms with van der Waals surface area (Å²) in [5.41, 5.74) is 16.2. The van der Waals surface area contributed by atoms with E-state index in [2.05, 4.69) is 16.0 Å². The molecule has 0 bridgehead atoms. The molecule has 0 radical (unpaired) electrons. The number of nitrogens with one attached hydrogen (secondary N) is 3. The highest BCUT2D eigenvalue weighted by molar-refractivity contribution is 7.98. The highest BCUT2D eigenvalue weighted by Crippen LogP contribution is 2.04. The first-order valence-corrected chi connectivity index (χ1v) is 10.8. The number of carboxylic acid groups (broad SMARTS) is 1. The summed E-state index contributed by atoms with van der Waals surface area (Å²) in [5, 5.41) is 16.0. The van der Waals surface area contributed by atoms with Gasteiger partial charge in [-0.1, -0.05) is 0 Å². The van der Waals surface area contributed by atoms with Crippen molar-refractivity contribution in [3.8, 4) is 0 Å². The van der Waals surface area contributed by atoms with Crippen LogP contribution < -0.4 is 33.2 Å². The second-order valence-corrected chi connectivity index (χ2v) is 7.57. The molecule has 0 aromatic rings. The van der Waals surface area contributed by atoms with Gasteiger partial charge in [-0.05, 0) is 44.2 Å². The predicted octanol–water partition coefficient (Wildman–Crippen LogP) is -2.76. The Morgan fingerprint density at radius 2 is 1.67 bits per heavy atom. The molecule has 0 aliphatic heterocycles. The summed E-state index contributed by atoms with van der Waals surface area (Å²) in [5.74, 6) is -3.55. The summed E-state index contributed by atoms with van der Waals surface area (Å²) >= 11 is 1.54. The molecule has 0 aliphatic rings. The second-order valence-electron chi connectivity index (χ2n) is 6.58. The smallest absolute Gasteiger partial charge is 0.326 e. The molecule has 0 aromatic carbocycles. The lowest BCUT2D eigenvalue weighted by Gasteiger charge is -2.21. The van der Waals surface area contributed by atoms with Crippen molar-refractivity contribution in [3.63, 3.8) is 0 Å². The molecular weight excluding hydrogens is 416 g/mol. The number of carbonyl (C=O) groups is 5. The molecule has 0 saturated heterocycles. The standard InChI is InChI=1S/C17H32N6O6S/c1-30-7-5-10(19)15(26)23-11(4-2-3-6-18)16(27)21-9-14(25)22-12(17(28)29)8-13(20)24/h10-12H,2-9,18-19H2,1H3,(H2,20,24)(H,21,27)(H,22,25)(H,23,26)(H,28,29). The zero-order valence-corrected chi connectivity index (χ0v) is 17.8. The fourth-order valence-electron chi connectivity index (χ4n) is 2.35. The van der Waals surface area contributed by atoms with E-state index in [-0.39, 0.29) is 0 Å². The van der Waals surface area contributed by atoms with E-state index in [1.807, 2.05) is 6.26 Å². The molecule has 0 rings (SSSR count). The van der Waals surface area contributed by atoms with Crippen molar-refractivity contribution in [1.29, 1.82) is 0 Å². The molecular formula is C17H32N6O6S. The van der Waals surface area contributed by atoms with Crippen LogP contribution in [-0.2, 0) is 24.0 Å². The van der Waals surface area contributed by atoms with Crippen LogP contribution in [0.4, 0.5) is 0 Å². The Morgan fingerprint density at radius 1 is 1.00 bits per heavy atom. The number of rotatable bonds is 16. The van der Waals surface area contributed by atoms with E-state index in [0.29, 0.717) is 38.0 Å². The van der Waals surface area contributed by atoms with Crippen LogP contribution in [0.1, 0.15) is 32.1 Å². The molecule has 0 aliphatic carbocycles. The van der Waals surface area contributed by atoms with Crippen molar-refractivity contribution in [3.05, 3.63) is 0 Å². The van der Waals surface area contributed by atoms with E-state index < -0.39 is 60.7 Å². The Morgan fingerprint density at radius 3 is 2.20 bits per heavy atom. The van der Waals surface area contributed by atoms with Gasteiger partial charge in [0, 0.05) is 0 Å². The average molecular weight is 449 g/mol. The van der Waals surface area contributed by atoms with Gasteiger partial charge in [0.2, 0.25) is 23.6 Å². The Balaban J connectivity index is 4.82. The maximum atomic E-state index is 12.4. The number of carboxylic acids is 1. The molecule has 10 N–H and O–H groups in total. The van der Waals surface area contributed by atoms with Crippen molar-refractivity contribution < 1.29 is 29.1 Å². The summed E-state index contributed by atoms with van der Waals surface area (Å²) in [6, 6.07) is -3.19. The van der Waals surface area contributed by atoms with Crippen molar-refractivity contribution in [1.82, 2.24) is 16.0 Å². The van der Waals surface area contributed by atoms with Crippen molar-refractivity contribution >= 4 is 41.4 Å². The lowest BCUT2D eigenvalue weighted by Crippen LogP contribution is -2.53. The molecule has 3 atom stereocenters. The normalized spacial score (nSPS) is 13.6. The maximum Gasteiger partial charge on any atom is 0.326 e. The van der Waals surface area contributed by atoms with Gasteiger partial charge in [-0.2, -0.15) is 11.8 Å². The highest BCUT2D eigenvalue weighted by atomic mass is 32.2. The Bertz CT molecular complexity index is 605. The molecule has 30 heavy (non-hydrogen) atoms. The topological polar surface area (TPSA) is 220 Å². The number of amides is 4. The molecule has 172 valence electrons. The fourth-order valence-corrected chi connectivity index (χ4v) is 2.84. The lowest BCUT2D eigenvalue weighted by molar-refractivity contribution is -0.143. The summed E-state index contributed by atoms with van der Waals surface area (Å²) in [4.78, 5) is 58.5. The molecule has 0 fully saturated rings. The summed E-state index contributed by atoms with van der Waals surface area (Å²) in [6.07, 6.45) is 3.26. The van der Waals surface area contributed by atoms with E-state index in [0.717, 1.165) is 0 Å². The first-order chi connectivity index (χ1) is 14.1. The van der Waals surface area contributed by atoms with Crippen LogP contribution in [0, 0.1) is 0 Å². The zero-order chi connectivity index (χ0) is 23.1. The number of hydrogen-bond donors (Lipinski definition) is 7. The number of unbranched alkanes of at least 4 members (excludes halogenated alkanes) is 1. The van der Waals surface area contributed by atoms with E-state index in [1.54, 1.807) is 11.8 Å². The first kappa shape index (κ1) is 27.6. The SMILES string of the molecule is CSCCC(N)C(=O)NC(CCCCN)C(=O)NCC(=O)NC(CC(N)=O)C(=O)O. The van der Waals surface area contributed by atoms with Gasteiger partial charge in [-0.3, -0.25) is 19.2 Å². The highest BCUT2D eigenvalue weighted by Gasteiger charge is 2.25. The molecule has 0 aromatic heterocycles. The summed E-state index contributed by atoms with van der Waals surface area (Å²) in [7, 11) is 0. The van der Waals surface area contributed by atoms with Gasteiger partial charge in [0.05, 0.1) is 19.0 Å². The monoisotopic (exact) mass is 448 g/mol. The minimum atomic E-state index is -1.50. The van der Waals surface area contributed by atoms with Crippen LogP contribution in [0.5, 0.6) is 0 Å². The van der Waals surface area contributed by atoms with Gasteiger partial charge >= 0.3 is 5.97 Å². The third-order valence-electron chi connectivity index (χ3n) is 4.01. The van der Waals surface area contributed by atoms with Gasteiger partial charge in [0.1, 0.15) is 12.1 Å². The fraction of sp³-hybridized carbons (Fsp3) is 0.706. The number of hydrogen-bond acceptors (Lipinski definition) is 8. The van der Waals surface area contributed by atoms with Crippen molar-refractivity contribution in [2.75, 3.05) is 25.1 Å². The van der Waals surface area contributed by atoms with Gasteiger partial charge < -0.3 is 38.3 Å². The molecule has 0 spiro atoms. The number of primary amides is 1. The Labute approximate surface area is 179 Å². The van der Waals surface area contributed by atoms with Gasteiger partial charge in [-0.15, -0.1) is 0 Å². The van der Waals surface area contributed by atoms with Crippen LogP contribution in [0.15, 0.2) is 0 Å². The van der Waals surface area contributed by atoms with Crippen molar-refractivity contribution in [2.45, 2.75) is 50.2 Å². The zero-order valence-electron chi connectivity index (χ0n) is 17.0. The van der Waals surface area contributed by atoms with Crippen LogP contribution in [-0.4, -0.2) is 77.9 Å². The van der Waals surface area contributed by atoms with Crippen LogP contribution in [0.25, 0.3) is 0 Å². The molecule has 4 amide bonds. The van der Waals surface area contributed by atoms with Gasteiger partial charge in [-0.25, -0.2) is 4.79 Å². The Kier molecular flexibility index (Phi) is 14.2. The van der Waals surface area contributed by atoms with Crippen LogP contribution in [0.2, 0.25) is 0 Å². The third-order valence-corrected chi connectivity index (χ3v) is 4.66. The van der Waals surface area contributed by atoms with Gasteiger partial charge in [0.15, 0.2) is 0 Å². The van der Waals surface area contributed by atoms with Crippen molar-refractivity contribution in [2.24, 2.45) is 17.2 Å². The Hall–Kier alpha value is -2.38. The third kappa shape index (κ3) is 12.2. The molecule has 3 unspecified atom stereocenters. The summed E-state index contributed by atoms with van der Waals surface area (Å²) in [6.45, 7) is -0.114. The molecule has 13 heteroatoms. The molecule has 0 heterocycles. The lowest BCUT2D eigenvalue weighted by atomic mass is 10.1. The average Bonchev–Trinajstić information content (AvgIpc) is 2.68. The maximum absolute atomic E-state index is 12.4.